The predicted octanol–water partition coefficient (Wildman–Crippen LogP) is 1.49. The zero-order chi connectivity index (χ0) is 13.5. The third kappa shape index (κ3) is 2.34. The highest BCUT2D eigenvalue weighted by atomic mass is 16.4. The molecule has 1 spiro atoms. The van der Waals surface area contributed by atoms with Gasteiger partial charge in [-0.1, -0.05) is 12.8 Å². The molecule has 0 saturated heterocycles. The van der Waals surface area contributed by atoms with Crippen molar-refractivity contribution in [3.05, 3.63) is 12.3 Å². The molecule has 6 heteroatoms. The molecule has 0 aromatic carbocycles. The van der Waals surface area contributed by atoms with E-state index in [2.05, 4.69) is 10.4 Å². The minimum absolute atomic E-state index is 0.0301. The number of aromatic nitrogens is 2. The van der Waals surface area contributed by atoms with Gasteiger partial charge in [0.25, 0.3) is 0 Å². The van der Waals surface area contributed by atoms with Crippen LogP contribution in [0.15, 0.2) is 12.3 Å². The molecule has 19 heavy (non-hydrogen) atoms. The molecule has 102 valence electrons. The molecule has 2 aliphatic rings. The first kappa shape index (κ1) is 12.2. The first-order valence-electron chi connectivity index (χ1n) is 6.65. The highest BCUT2D eigenvalue weighted by Gasteiger charge is 2.58. The second kappa shape index (κ2) is 4.36. The fourth-order valence-corrected chi connectivity index (χ4v) is 3.22. The van der Waals surface area contributed by atoms with Crippen LogP contribution in [0.1, 0.15) is 32.1 Å². The molecular formula is C13H17N3O3. The summed E-state index contributed by atoms with van der Waals surface area (Å²) < 4.78 is 1.30. The van der Waals surface area contributed by atoms with Crippen molar-refractivity contribution in [3.8, 4) is 0 Å². The maximum Gasteiger partial charge on any atom is 0.325 e. The van der Waals surface area contributed by atoms with Crippen LogP contribution in [0.5, 0.6) is 0 Å². The summed E-state index contributed by atoms with van der Waals surface area (Å²) in [5.41, 5.74) is 0.272. The van der Waals surface area contributed by atoms with Gasteiger partial charge in [-0.15, -0.1) is 0 Å². The quantitative estimate of drug-likeness (QED) is 0.861. The van der Waals surface area contributed by atoms with E-state index in [-0.39, 0.29) is 23.8 Å². The monoisotopic (exact) mass is 263 g/mol. The lowest BCUT2D eigenvalue weighted by Gasteiger charge is -2.07. The highest BCUT2D eigenvalue weighted by Crippen LogP contribution is 2.62. The smallest absolute Gasteiger partial charge is 0.325 e. The Morgan fingerprint density at radius 1 is 1.47 bits per heavy atom. The number of nitrogens with zero attached hydrogens (tertiary/aromatic N) is 2. The Morgan fingerprint density at radius 3 is 2.89 bits per heavy atom. The van der Waals surface area contributed by atoms with Crippen molar-refractivity contribution in [2.45, 2.75) is 38.6 Å². The zero-order valence-corrected chi connectivity index (χ0v) is 10.6. The van der Waals surface area contributed by atoms with E-state index in [1.807, 2.05) is 0 Å². The molecule has 1 aromatic rings. The molecule has 6 nitrogen and oxygen atoms in total. The Balaban J connectivity index is 1.58. The van der Waals surface area contributed by atoms with Crippen molar-refractivity contribution in [1.82, 2.24) is 9.78 Å². The summed E-state index contributed by atoms with van der Waals surface area (Å²) >= 11 is 0. The molecule has 0 bridgehead atoms. The van der Waals surface area contributed by atoms with E-state index < -0.39 is 5.97 Å². The number of hydrogen-bond donors (Lipinski definition) is 2. The molecule has 1 atom stereocenters. The van der Waals surface area contributed by atoms with Gasteiger partial charge in [0.1, 0.15) is 6.54 Å². The summed E-state index contributed by atoms with van der Waals surface area (Å²) in [5.74, 6) is -0.360. The van der Waals surface area contributed by atoms with E-state index in [9.17, 15) is 9.59 Å². The standard InChI is InChI=1S/C13H17N3O3/c17-11(18)8-16-6-3-10(15-16)14-12(19)9-7-13(9)4-1-2-5-13/h3,6,9H,1-2,4-5,7-8H2,(H,17,18)(H,14,15,19). The Bertz CT molecular complexity index is 517. The molecule has 1 heterocycles. The highest BCUT2D eigenvalue weighted by molar-refractivity contribution is 5.94. The minimum Gasteiger partial charge on any atom is -0.480 e. The first-order valence-corrected chi connectivity index (χ1v) is 6.65. The van der Waals surface area contributed by atoms with E-state index in [4.69, 9.17) is 5.11 Å². The number of nitrogens with one attached hydrogen (secondary N) is 1. The van der Waals surface area contributed by atoms with E-state index in [1.54, 1.807) is 12.3 Å². The largest absolute Gasteiger partial charge is 0.480 e. The van der Waals surface area contributed by atoms with Gasteiger partial charge >= 0.3 is 5.97 Å². The van der Waals surface area contributed by atoms with Crippen LogP contribution in [0.25, 0.3) is 0 Å². The van der Waals surface area contributed by atoms with Gasteiger partial charge in [-0.25, -0.2) is 0 Å². The molecule has 2 aliphatic carbocycles. The van der Waals surface area contributed by atoms with Gasteiger partial charge in [0.05, 0.1) is 0 Å². The summed E-state index contributed by atoms with van der Waals surface area (Å²) in [7, 11) is 0. The van der Waals surface area contributed by atoms with Crippen molar-refractivity contribution in [1.29, 1.82) is 0 Å². The number of amides is 1. The van der Waals surface area contributed by atoms with E-state index in [0.717, 1.165) is 6.42 Å². The van der Waals surface area contributed by atoms with Gasteiger partial charge in [0, 0.05) is 18.2 Å². The third-order valence-corrected chi connectivity index (χ3v) is 4.29. The maximum absolute atomic E-state index is 12.1. The normalized spacial score (nSPS) is 23.5. The van der Waals surface area contributed by atoms with Crippen LogP contribution in [-0.4, -0.2) is 26.8 Å². The van der Waals surface area contributed by atoms with Crippen LogP contribution < -0.4 is 5.32 Å². The van der Waals surface area contributed by atoms with Crippen molar-refractivity contribution >= 4 is 17.7 Å². The van der Waals surface area contributed by atoms with Gasteiger partial charge < -0.3 is 10.4 Å². The molecule has 0 aliphatic heterocycles. The average molecular weight is 263 g/mol. The van der Waals surface area contributed by atoms with Gasteiger partial charge in [-0.3, -0.25) is 14.3 Å². The number of aliphatic carboxylic acids is 1. The molecule has 2 saturated carbocycles. The van der Waals surface area contributed by atoms with Crippen LogP contribution in [-0.2, 0) is 16.1 Å². The summed E-state index contributed by atoms with van der Waals surface area (Å²) in [6.07, 6.45) is 7.35. The summed E-state index contributed by atoms with van der Waals surface area (Å²) in [5, 5.41) is 15.5. The molecular weight excluding hydrogens is 246 g/mol. The number of carbonyl (C=O) groups is 2. The molecule has 2 fully saturated rings. The van der Waals surface area contributed by atoms with Crippen molar-refractivity contribution in [3.63, 3.8) is 0 Å². The van der Waals surface area contributed by atoms with Crippen LogP contribution in [0, 0.1) is 11.3 Å². The number of carboxylic acid groups (broad SMARTS) is 1. The maximum atomic E-state index is 12.1. The van der Waals surface area contributed by atoms with E-state index >= 15 is 0 Å². The number of anilines is 1. The molecule has 0 radical (unpaired) electrons. The summed E-state index contributed by atoms with van der Waals surface area (Å²) in [6.45, 7) is -0.191. The Morgan fingerprint density at radius 2 is 2.21 bits per heavy atom. The van der Waals surface area contributed by atoms with Gasteiger partial charge in [-0.2, -0.15) is 5.10 Å². The van der Waals surface area contributed by atoms with Crippen LogP contribution >= 0.6 is 0 Å². The van der Waals surface area contributed by atoms with Gasteiger partial charge in [0.2, 0.25) is 5.91 Å². The summed E-state index contributed by atoms with van der Waals surface area (Å²) in [4.78, 5) is 22.6. The van der Waals surface area contributed by atoms with Crippen molar-refractivity contribution < 1.29 is 14.7 Å². The number of hydrogen-bond acceptors (Lipinski definition) is 3. The molecule has 3 rings (SSSR count). The second-order valence-corrected chi connectivity index (χ2v) is 5.61. The second-order valence-electron chi connectivity index (χ2n) is 5.61. The van der Waals surface area contributed by atoms with Crippen molar-refractivity contribution in [2.24, 2.45) is 11.3 Å². The lowest BCUT2D eigenvalue weighted by Crippen LogP contribution is -2.18. The van der Waals surface area contributed by atoms with Crippen LogP contribution in [0.3, 0.4) is 0 Å². The molecule has 1 amide bonds. The third-order valence-electron chi connectivity index (χ3n) is 4.29. The van der Waals surface area contributed by atoms with Crippen LogP contribution in [0.4, 0.5) is 5.82 Å². The molecule has 1 unspecified atom stereocenters. The van der Waals surface area contributed by atoms with Gasteiger partial charge in [0.15, 0.2) is 5.82 Å². The number of carbonyl (C=O) groups excluding carboxylic acids is 1. The lowest BCUT2D eigenvalue weighted by molar-refractivity contribution is -0.137. The fourth-order valence-electron chi connectivity index (χ4n) is 3.22. The Hall–Kier alpha value is -1.85. The van der Waals surface area contributed by atoms with E-state index in [1.165, 1.54) is 30.4 Å². The zero-order valence-electron chi connectivity index (χ0n) is 10.6. The topological polar surface area (TPSA) is 84.2 Å². The SMILES string of the molecule is O=C(O)Cn1ccc(NC(=O)C2CC23CCCC3)n1. The van der Waals surface area contributed by atoms with Gasteiger partial charge in [-0.05, 0) is 24.7 Å². The lowest BCUT2D eigenvalue weighted by atomic mass is 10.0. The predicted molar refractivity (Wildman–Crippen MR) is 67.5 cm³/mol. The molecule has 1 aromatic heterocycles. The Labute approximate surface area is 110 Å². The minimum atomic E-state index is -0.951. The number of rotatable bonds is 4. The van der Waals surface area contributed by atoms with Crippen molar-refractivity contribution in [2.75, 3.05) is 5.32 Å². The van der Waals surface area contributed by atoms with E-state index in [0.29, 0.717) is 5.82 Å². The number of carboxylic acids is 1. The first-order chi connectivity index (χ1) is 9.09. The molecule has 2 N–H and O–H groups in total. The fraction of sp³-hybridized carbons (Fsp3) is 0.615. The summed E-state index contributed by atoms with van der Waals surface area (Å²) in [6, 6.07) is 1.63. The average Bonchev–Trinajstić information content (AvgIpc) is 2.68. The Kier molecular flexibility index (Phi) is 2.80. The van der Waals surface area contributed by atoms with Crippen LogP contribution in [0.2, 0.25) is 0 Å².